The molecule has 36 heavy (non-hydrogen) atoms. The Balaban J connectivity index is 1.59. The first kappa shape index (κ1) is 23.3. The summed E-state index contributed by atoms with van der Waals surface area (Å²) in [7, 11) is 0. The molecule has 0 saturated carbocycles. The predicted octanol–water partition coefficient (Wildman–Crippen LogP) is 5.09. The number of pyridine rings is 2. The molecule has 1 atom stereocenters. The van der Waals surface area contributed by atoms with Crippen LogP contribution in [0.1, 0.15) is 22.7 Å². The van der Waals surface area contributed by atoms with Crippen LogP contribution < -0.4 is 27.0 Å². The van der Waals surface area contributed by atoms with Crippen LogP contribution in [0.15, 0.2) is 66.8 Å². The second-order valence-corrected chi connectivity index (χ2v) is 8.50. The summed E-state index contributed by atoms with van der Waals surface area (Å²) in [6.07, 6.45) is 4.53. The van der Waals surface area contributed by atoms with E-state index in [2.05, 4.69) is 43.1 Å². The van der Waals surface area contributed by atoms with Crippen molar-refractivity contribution in [2.45, 2.75) is 13.0 Å². The Morgan fingerprint density at radius 1 is 1.06 bits per heavy atom. The fourth-order valence-corrected chi connectivity index (χ4v) is 4.18. The number of hydrogen-bond acceptors (Lipinski definition) is 8. The molecule has 3 heterocycles. The Hall–Kier alpha value is -4.46. The maximum atomic E-state index is 13.7. The topological polar surface area (TPSA) is 110 Å². The van der Waals surface area contributed by atoms with Gasteiger partial charge in [0.05, 0.1) is 45.4 Å². The SMILES string of the molecule is Cc1cc(Nc2c(C#N)cnc3c(Cl)cc(N[C@H](C4=CNNN4)c4ccc(F)cc4)cc23)cnc1F. The first-order chi connectivity index (χ1) is 17.4. The van der Waals surface area contributed by atoms with E-state index in [1.807, 2.05) is 6.07 Å². The van der Waals surface area contributed by atoms with Crippen LogP contribution >= 0.6 is 11.6 Å². The highest BCUT2D eigenvalue weighted by Crippen LogP contribution is 2.36. The molecular formula is C25H19ClF2N8. The van der Waals surface area contributed by atoms with E-state index in [-0.39, 0.29) is 11.4 Å². The van der Waals surface area contributed by atoms with E-state index < -0.39 is 12.0 Å². The second-order valence-electron chi connectivity index (χ2n) is 8.09. The van der Waals surface area contributed by atoms with Crippen LogP contribution in [0.25, 0.3) is 10.9 Å². The summed E-state index contributed by atoms with van der Waals surface area (Å²) in [4.78, 5) is 8.12. The van der Waals surface area contributed by atoms with Crippen LogP contribution in [0.3, 0.4) is 0 Å². The maximum absolute atomic E-state index is 13.7. The molecule has 5 rings (SSSR count). The van der Waals surface area contributed by atoms with Gasteiger partial charge in [-0.15, -0.1) is 0 Å². The molecule has 1 aliphatic heterocycles. The number of hydrogen-bond donors (Lipinski definition) is 5. The van der Waals surface area contributed by atoms with Crippen molar-refractivity contribution in [1.29, 1.82) is 5.26 Å². The zero-order valence-electron chi connectivity index (χ0n) is 18.8. The maximum Gasteiger partial charge on any atom is 0.215 e. The summed E-state index contributed by atoms with van der Waals surface area (Å²) in [6, 6.07) is 13.0. The number of benzene rings is 2. The lowest BCUT2D eigenvalue weighted by molar-refractivity contribution is 0.575. The van der Waals surface area contributed by atoms with Crippen molar-refractivity contribution >= 4 is 39.6 Å². The number of anilines is 3. The van der Waals surface area contributed by atoms with Gasteiger partial charge in [0.15, 0.2) is 0 Å². The van der Waals surface area contributed by atoms with Crippen LogP contribution in [-0.4, -0.2) is 9.97 Å². The highest BCUT2D eigenvalue weighted by molar-refractivity contribution is 6.36. The quantitative estimate of drug-likeness (QED) is 0.231. The molecule has 0 amide bonds. The zero-order valence-corrected chi connectivity index (χ0v) is 19.6. The number of nitrogens with zero attached hydrogens (tertiary/aromatic N) is 3. The van der Waals surface area contributed by atoms with Crippen molar-refractivity contribution in [2.24, 2.45) is 0 Å². The lowest BCUT2D eigenvalue weighted by atomic mass is 10.0. The largest absolute Gasteiger partial charge is 0.373 e. The lowest BCUT2D eigenvalue weighted by Crippen LogP contribution is -2.33. The van der Waals surface area contributed by atoms with Gasteiger partial charge in [-0.2, -0.15) is 15.2 Å². The van der Waals surface area contributed by atoms with E-state index in [9.17, 15) is 14.0 Å². The second kappa shape index (κ2) is 9.65. The normalized spacial score (nSPS) is 13.4. The van der Waals surface area contributed by atoms with Crippen molar-refractivity contribution in [3.63, 3.8) is 0 Å². The first-order valence-corrected chi connectivity index (χ1v) is 11.2. The number of fused-ring (bicyclic) bond motifs is 1. The van der Waals surface area contributed by atoms with Crippen molar-refractivity contribution in [2.75, 3.05) is 10.6 Å². The van der Waals surface area contributed by atoms with Crippen LogP contribution in [0, 0.1) is 30.0 Å². The summed E-state index contributed by atoms with van der Waals surface area (Å²) in [5, 5.41) is 17.3. The van der Waals surface area contributed by atoms with Crippen LogP contribution in [0.5, 0.6) is 0 Å². The van der Waals surface area contributed by atoms with Crippen molar-refractivity contribution in [3.05, 3.63) is 100 Å². The number of aromatic nitrogens is 2. The fraction of sp³-hybridized carbons (Fsp3) is 0.0800. The number of hydrazine groups is 2. The van der Waals surface area contributed by atoms with Crippen LogP contribution in [0.4, 0.5) is 25.8 Å². The zero-order chi connectivity index (χ0) is 25.2. The smallest absolute Gasteiger partial charge is 0.215 e. The minimum absolute atomic E-state index is 0.279. The number of halogens is 3. The third kappa shape index (κ3) is 4.57. The molecule has 5 N–H and O–H groups in total. The van der Waals surface area contributed by atoms with Crippen LogP contribution in [-0.2, 0) is 0 Å². The van der Waals surface area contributed by atoms with E-state index in [4.69, 9.17) is 11.6 Å². The van der Waals surface area contributed by atoms with Crippen LogP contribution in [0.2, 0.25) is 5.02 Å². The third-order valence-electron chi connectivity index (χ3n) is 5.66. The van der Waals surface area contributed by atoms with Gasteiger partial charge in [-0.1, -0.05) is 23.7 Å². The molecule has 0 bridgehead atoms. The number of aryl methyl sites for hydroxylation is 1. The minimum atomic E-state index is -0.569. The summed E-state index contributed by atoms with van der Waals surface area (Å²) in [6.45, 7) is 1.60. The van der Waals surface area contributed by atoms with E-state index in [1.165, 1.54) is 24.5 Å². The molecule has 8 nitrogen and oxygen atoms in total. The average molecular weight is 505 g/mol. The van der Waals surface area contributed by atoms with Gasteiger partial charge < -0.3 is 21.5 Å². The molecule has 11 heteroatoms. The molecule has 0 saturated heterocycles. The number of rotatable bonds is 6. The summed E-state index contributed by atoms with van der Waals surface area (Å²) in [5.41, 5.74) is 13.0. The summed E-state index contributed by atoms with van der Waals surface area (Å²) in [5.74, 6) is -0.909. The van der Waals surface area contributed by atoms with E-state index in [0.29, 0.717) is 38.6 Å². The van der Waals surface area contributed by atoms with E-state index >= 15 is 0 Å². The molecule has 180 valence electrons. The Labute approximate surface area is 210 Å². The van der Waals surface area contributed by atoms with Crippen molar-refractivity contribution < 1.29 is 8.78 Å². The average Bonchev–Trinajstić information content (AvgIpc) is 3.40. The molecule has 4 aromatic rings. The van der Waals surface area contributed by atoms with Gasteiger partial charge in [0.1, 0.15) is 11.9 Å². The van der Waals surface area contributed by atoms with Crippen molar-refractivity contribution in [3.8, 4) is 6.07 Å². The van der Waals surface area contributed by atoms with E-state index in [0.717, 1.165) is 11.3 Å². The van der Waals surface area contributed by atoms with E-state index in [1.54, 1.807) is 37.4 Å². The number of nitriles is 1. The van der Waals surface area contributed by atoms with Gasteiger partial charge >= 0.3 is 0 Å². The van der Waals surface area contributed by atoms with Gasteiger partial charge in [-0.3, -0.25) is 4.98 Å². The molecule has 1 aliphatic rings. The molecule has 0 spiro atoms. The number of nitrogens with one attached hydrogen (secondary N) is 5. The standard InChI is InChI=1S/C25H19ClF2N8/c1-13-6-18(11-31-25(13)28)34-22-15(9-29)10-30-24-19(22)7-17(8-20(24)26)33-23(21-12-32-36-35-21)14-2-4-16(27)5-3-14/h2-8,10-12,23,32-33,35-36H,1H3,(H,30,34)/t23-/m0/s1. The molecular weight excluding hydrogens is 486 g/mol. The molecule has 2 aromatic carbocycles. The summed E-state index contributed by atoms with van der Waals surface area (Å²) < 4.78 is 27.3. The lowest BCUT2D eigenvalue weighted by Gasteiger charge is -2.22. The highest BCUT2D eigenvalue weighted by Gasteiger charge is 2.21. The van der Waals surface area contributed by atoms with Gasteiger partial charge in [-0.05, 0) is 42.8 Å². The molecule has 0 aliphatic carbocycles. The Morgan fingerprint density at radius 2 is 1.86 bits per heavy atom. The fourth-order valence-electron chi connectivity index (χ4n) is 3.91. The molecule has 0 unspecified atom stereocenters. The highest BCUT2D eigenvalue weighted by atomic mass is 35.5. The van der Waals surface area contributed by atoms with Gasteiger partial charge in [-0.25, -0.2) is 9.37 Å². The Morgan fingerprint density at radius 3 is 2.56 bits per heavy atom. The Kier molecular flexibility index (Phi) is 6.25. The van der Waals surface area contributed by atoms with Gasteiger partial charge in [0.25, 0.3) is 0 Å². The van der Waals surface area contributed by atoms with Gasteiger partial charge in [0, 0.05) is 29.0 Å². The molecule has 2 aromatic heterocycles. The minimum Gasteiger partial charge on any atom is -0.373 e. The van der Waals surface area contributed by atoms with Gasteiger partial charge in [0.2, 0.25) is 5.95 Å². The monoisotopic (exact) mass is 504 g/mol. The Bertz CT molecular complexity index is 1530. The summed E-state index contributed by atoms with van der Waals surface area (Å²) >= 11 is 6.61. The molecule has 0 fully saturated rings. The molecule has 0 radical (unpaired) electrons. The van der Waals surface area contributed by atoms with Crippen molar-refractivity contribution in [1.82, 2.24) is 26.4 Å². The first-order valence-electron chi connectivity index (χ1n) is 10.8. The predicted molar refractivity (Wildman–Crippen MR) is 134 cm³/mol. The third-order valence-corrected chi connectivity index (χ3v) is 5.95.